The number of rotatable bonds is 3. The van der Waals surface area contributed by atoms with Crippen molar-refractivity contribution in [3.05, 3.63) is 41.1 Å². The molecule has 1 aliphatic carbocycles. The number of esters is 1. The molecule has 0 amide bonds. The predicted octanol–water partition coefficient (Wildman–Crippen LogP) is 4.27. The first-order chi connectivity index (χ1) is 12.1. The monoisotopic (exact) mass is 341 g/mol. The van der Waals surface area contributed by atoms with Crippen molar-refractivity contribution in [3.63, 3.8) is 0 Å². The molecular weight excluding hydrogens is 314 g/mol. The molecule has 2 atom stereocenters. The minimum atomic E-state index is -0.462. The predicted molar refractivity (Wildman–Crippen MR) is 96.2 cm³/mol. The smallest absolute Gasteiger partial charge is 0.336 e. The molecule has 0 unspecified atom stereocenters. The van der Waals surface area contributed by atoms with Crippen molar-refractivity contribution in [1.82, 2.24) is 5.32 Å². The summed E-state index contributed by atoms with van der Waals surface area (Å²) in [6.45, 7) is 4.56. The molecule has 134 valence electrons. The summed E-state index contributed by atoms with van der Waals surface area (Å²) in [6, 6.07) is 8.02. The van der Waals surface area contributed by atoms with E-state index >= 15 is 0 Å². The van der Waals surface area contributed by atoms with Gasteiger partial charge in [0.15, 0.2) is 5.72 Å². The Bertz CT molecular complexity index is 705. The van der Waals surface area contributed by atoms with E-state index in [1.165, 1.54) is 32.1 Å². The van der Waals surface area contributed by atoms with Crippen molar-refractivity contribution in [3.8, 4) is 5.75 Å². The Kier molecular flexibility index (Phi) is 4.22. The molecule has 2 aliphatic heterocycles. The Morgan fingerprint density at radius 2 is 2.04 bits per heavy atom. The van der Waals surface area contributed by atoms with E-state index in [4.69, 9.17) is 9.47 Å². The van der Waals surface area contributed by atoms with Crippen LogP contribution in [0.15, 0.2) is 35.5 Å². The summed E-state index contributed by atoms with van der Waals surface area (Å²) in [5.41, 5.74) is 2.27. The summed E-state index contributed by atoms with van der Waals surface area (Å²) in [6.07, 6.45) is 6.95. The topological polar surface area (TPSA) is 47.6 Å². The van der Waals surface area contributed by atoms with Crippen LogP contribution in [0.1, 0.15) is 63.9 Å². The lowest BCUT2D eigenvalue weighted by Crippen LogP contribution is -2.54. The highest BCUT2D eigenvalue weighted by Gasteiger charge is 2.45. The van der Waals surface area contributed by atoms with Gasteiger partial charge in [-0.25, -0.2) is 4.79 Å². The lowest BCUT2D eigenvalue weighted by Gasteiger charge is -2.45. The van der Waals surface area contributed by atoms with Gasteiger partial charge >= 0.3 is 5.97 Å². The normalized spacial score (nSPS) is 28.6. The fourth-order valence-corrected chi connectivity index (χ4v) is 4.63. The zero-order valence-corrected chi connectivity index (χ0v) is 15.1. The fourth-order valence-electron chi connectivity index (χ4n) is 4.63. The highest BCUT2D eigenvalue weighted by molar-refractivity contribution is 5.91. The molecule has 2 bridgehead atoms. The van der Waals surface area contributed by atoms with Crippen LogP contribution in [0.4, 0.5) is 0 Å². The Labute approximate surface area is 149 Å². The molecule has 0 saturated heterocycles. The van der Waals surface area contributed by atoms with Crippen molar-refractivity contribution in [2.75, 3.05) is 6.61 Å². The number of hydrogen-bond donors (Lipinski definition) is 1. The van der Waals surface area contributed by atoms with Crippen molar-refractivity contribution >= 4 is 5.97 Å². The van der Waals surface area contributed by atoms with Gasteiger partial charge in [0.1, 0.15) is 5.75 Å². The minimum absolute atomic E-state index is 0.0371. The number of ether oxygens (including phenoxy) is 2. The van der Waals surface area contributed by atoms with E-state index in [-0.39, 0.29) is 11.9 Å². The molecule has 25 heavy (non-hydrogen) atoms. The summed E-state index contributed by atoms with van der Waals surface area (Å²) in [4.78, 5) is 12.9. The van der Waals surface area contributed by atoms with Crippen LogP contribution in [0, 0.1) is 5.92 Å². The number of fused-ring (bicyclic) bond motifs is 4. The van der Waals surface area contributed by atoms with Crippen molar-refractivity contribution in [2.24, 2.45) is 5.92 Å². The van der Waals surface area contributed by atoms with Gasteiger partial charge in [0.25, 0.3) is 0 Å². The van der Waals surface area contributed by atoms with Crippen LogP contribution in [-0.2, 0) is 9.53 Å². The number of carbonyl (C=O) groups is 1. The van der Waals surface area contributed by atoms with E-state index in [2.05, 4.69) is 11.4 Å². The molecule has 4 heteroatoms. The third-order valence-corrected chi connectivity index (χ3v) is 5.82. The van der Waals surface area contributed by atoms with E-state index in [9.17, 15) is 4.79 Å². The third-order valence-electron chi connectivity index (χ3n) is 5.82. The van der Waals surface area contributed by atoms with Gasteiger partial charge in [0.05, 0.1) is 12.2 Å². The quantitative estimate of drug-likeness (QED) is 0.834. The van der Waals surface area contributed by atoms with Crippen molar-refractivity contribution in [1.29, 1.82) is 0 Å². The van der Waals surface area contributed by atoms with Gasteiger partial charge in [0.2, 0.25) is 0 Å². The second-order valence-corrected chi connectivity index (χ2v) is 7.89. The van der Waals surface area contributed by atoms with Gasteiger partial charge < -0.3 is 14.8 Å². The molecule has 1 N–H and O–H groups in total. The average Bonchev–Trinajstić information content (AvgIpc) is 2.60. The molecule has 1 aromatic rings. The zero-order valence-electron chi connectivity index (χ0n) is 15.1. The standard InChI is InChI=1S/C21H27NO3/c1-14-19(20(23)24-13-15-8-4-3-5-9-15)17-12-21(2,22-14)25-18-11-7-6-10-16(17)18/h6-7,10-11,15,17,22H,3-5,8-9,12-13H2,1-2H3/t17-,21+/m1/s1. The molecule has 4 rings (SSSR count). The number of hydrogen-bond acceptors (Lipinski definition) is 4. The third kappa shape index (κ3) is 3.14. The number of benzene rings is 1. The van der Waals surface area contributed by atoms with Crippen molar-refractivity contribution < 1.29 is 14.3 Å². The Hall–Kier alpha value is -1.97. The molecule has 2 heterocycles. The molecule has 1 fully saturated rings. The minimum Gasteiger partial charge on any atom is -0.468 e. The Morgan fingerprint density at radius 1 is 1.28 bits per heavy atom. The molecule has 3 aliphatic rings. The van der Waals surface area contributed by atoms with Crippen LogP contribution in [0.3, 0.4) is 0 Å². The van der Waals surface area contributed by atoms with E-state index in [1.807, 2.05) is 32.0 Å². The van der Waals surface area contributed by atoms with E-state index in [0.717, 1.165) is 29.0 Å². The molecule has 0 spiro atoms. The lowest BCUT2D eigenvalue weighted by molar-refractivity contribution is -0.141. The molecule has 1 saturated carbocycles. The molecular formula is C21H27NO3. The number of para-hydroxylation sites is 1. The van der Waals surface area contributed by atoms with Crippen LogP contribution in [0.5, 0.6) is 5.75 Å². The van der Waals surface area contributed by atoms with Gasteiger partial charge in [-0.2, -0.15) is 0 Å². The Balaban J connectivity index is 1.56. The molecule has 1 aromatic carbocycles. The summed E-state index contributed by atoms with van der Waals surface area (Å²) in [5, 5.41) is 3.39. The summed E-state index contributed by atoms with van der Waals surface area (Å²) in [7, 11) is 0. The maximum atomic E-state index is 12.9. The van der Waals surface area contributed by atoms with Crippen LogP contribution >= 0.6 is 0 Å². The lowest BCUT2D eigenvalue weighted by atomic mass is 9.78. The van der Waals surface area contributed by atoms with Gasteiger partial charge in [-0.05, 0) is 38.7 Å². The first kappa shape index (κ1) is 16.5. The highest BCUT2D eigenvalue weighted by atomic mass is 16.5. The fraction of sp³-hybridized carbons (Fsp3) is 0.571. The molecule has 4 nitrogen and oxygen atoms in total. The molecule has 0 aromatic heterocycles. The van der Waals surface area contributed by atoms with Crippen molar-refractivity contribution in [2.45, 2.75) is 64.0 Å². The SMILES string of the molecule is CC1=C(C(=O)OCC2CCCCC2)[C@@H]2C[C@@](C)(N1)Oc1ccccc12. The van der Waals surface area contributed by atoms with Gasteiger partial charge in [-0.3, -0.25) is 0 Å². The van der Waals surface area contributed by atoms with E-state index in [0.29, 0.717) is 12.5 Å². The van der Waals surface area contributed by atoms with Gasteiger partial charge in [-0.1, -0.05) is 37.5 Å². The summed E-state index contributed by atoms with van der Waals surface area (Å²) >= 11 is 0. The largest absolute Gasteiger partial charge is 0.468 e. The maximum Gasteiger partial charge on any atom is 0.336 e. The van der Waals surface area contributed by atoms with Crippen LogP contribution in [0.2, 0.25) is 0 Å². The Morgan fingerprint density at radius 3 is 2.84 bits per heavy atom. The maximum absolute atomic E-state index is 12.9. The van der Waals surface area contributed by atoms with Crippen LogP contribution in [-0.4, -0.2) is 18.3 Å². The first-order valence-electron chi connectivity index (χ1n) is 9.50. The van der Waals surface area contributed by atoms with Crippen LogP contribution < -0.4 is 10.1 Å². The molecule has 0 radical (unpaired) electrons. The second kappa shape index (κ2) is 6.40. The first-order valence-corrected chi connectivity index (χ1v) is 9.50. The van der Waals surface area contributed by atoms with Gasteiger partial charge in [0, 0.05) is 23.6 Å². The zero-order chi connectivity index (χ0) is 17.4. The number of nitrogens with one attached hydrogen (secondary N) is 1. The van der Waals surface area contributed by atoms with E-state index in [1.54, 1.807) is 0 Å². The average molecular weight is 341 g/mol. The van der Waals surface area contributed by atoms with Crippen LogP contribution in [0.25, 0.3) is 0 Å². The second-order valence-electron chi connectivity index (χ2n) is 7.89. The van der Waals surface area contributed by atoms with E-state index < -0.39 is 5.72 Å². The summed E-state index contributed by atoms with van der Waals surface area (Å²) in [5.74, 6) is 1.26. The number of carbonyl (C=O) groups excluding carboxylic acids is 1. The van der Waals surface area contributed by atoms with Gasteiger partial charge in [-0.15, -0.1) is 0 Å². The summed E-state index contributed by atoms with van der Waals surface area (Å²) < 4.78 is 11.9. The number of allylic oxidation sites excluding steroid dienone is 1. The highest BCUT2D eigenvalue weighted by Crippen LogP contribution is 2.47.